The molecule has 0 saturated heterocycles. The smallest absolute Gasteiger partial charge is 0.373 e. The minimum atomic E-state index is -1.10. The number of aromatic carboxylic acids is 1. The summed E-state index contributed by atoms with van der Waals surface area (Å²) in [5.41, 5.74) is 1.41. The summed E-state index contributed by atoms with van der Waals surface area (Å²) in [7, 11) is 0. The van der Waals surface area contributed by atoms with Crippen LogP contribution in [0.1, 0.15) is 23.2 Å². The fourth-order valence-electron chi connectivity index (χ4n) is 1.53. The first-order valence-corrected chi connectivity index (χ1v) is 5.60. The van der Waals surface area contributed by atoms with Crippen LogP contribution in [0.2, 0.25) is 0 Å². The molecule has 0 bridgehead atoms. The highest BCUT2D eigenvalue weighted by Gasteiger charge is 2.11. The Kier molecular flexibility index (Phi) is 2.87. The molecule has 0 unspecified atom stereocenters. The lowest BCUT2D eigenvalue weighted by Crippen LogP contribution is -2.07. The van der Waals surface area contributed by atoms with E-state index in [1.165, 1.54) is 0 Å². The third-order valence-corrected chi connectivity index (χ3v) is 2.76. The predicted octanol–water partition coefficient (Wildman–Crippen LogP) is 2.65. The first-order valence-electron chi connectivity index (χ1n) is 4.81. The van der Waals surface area contributed by atoms with Crippen molar-refractivity contribution in [2.45, 2.75) is 13.3 Å². The van der Waals surface area contributed by atoms with E-state index < -0.39 is 5.97 Å². The number of hydrogen-bond donors (Lipinski definition) is 1. The summed E-state index contributed by atoms with van der Waals surface area (Å²) in [4.78, 5) is 18.9. The van der Waals surface area contributed by atoms with Crippen molar-refractivity contribution < 1.29 is 9.90 Å². The van der Waals surface area contributed by atoms with Gasteiger partial charge in [0.2, 0.25) is 5.82 Å². The molecule has 0 saturated carbocycles. The first-order chi connectivity index (χ1) is 7.61. The average Bonchev–Trinajstić information content (AvgIpc) is 2.26. The maximum atomic E-state index is 10.9. The van der Waals surface area contributed by atoms with Gasteiger partial charge in [-0.2, -0.15) is 0 Å². The molecule has 0 aliphatic heterocycles. The molecule has 0 atom stereocenters. The Morgan fingerprint density at radius 2 is 2.19 bits per heavy atom. The lowest BCUT2D eigenvalue weighted by atomic mass is 10.1. The topological polar surface area (TPSA) is 63.1 Å². The molecule has 0 fully saturated rings. The summed E-state index contributed by atoms with van der Waals surface area (Å²) < 4.78 is 0.872. The molecule has 1 aromatic heterocycles. The van der Waals surface area contributed by atoms with Crippen LogP contribution in [0.3, 0.4) is 0 Å². The van der Waals surface area contributed by atoms with E-state index in [4.69, 9.17) is 5.11 Å². The highest BCUT2D eigenvalue weighted by Crippen LogP contribution is 2.21. The van der Waals surface area contributed by atoms with E-state index in [-0.39, 0.29) is 5.82 Å². The molecule has 0 aliphatic carbocycles. The number of fused-ring (bicyclic) bond motifs is 1. The van der Waals surface area contributed by atoms with E-state index >= 15 is 0 Å². The molecule has 0 spiro atoms. The number of aryl methyl sites for hydroxylation is 1. The molecular formula is C11H9BrN2O2. The summed E-state index contributed by atoms with van der Waals surface area (Å²) in [6.45, 7) is 1.94. The van der Waals surface area contributed by atoms with Gasteiger partial charge in [0, 0.05) is 9.86 Å². The van der Waals surface area contributed by atoms with Gasteiger partial charge in [0.05, 0.1) is 11.2 Å². The van der Waals surface area contributed by atoms with Crippen LogP contribution in [0.25, 0.3) is 10.9 Å². The van der Waals surface area contributed by atoms with Gasteiger partial charge < -0.3 is 5.11 Å². The monoisotopic (exact) mass is 280 g/mol. The van der Waals surface area contributed by atoms with Crippen molar-refractivity contribution in [3.8, 4) is 0 Å². The number of halogens is 1. The van der Waals surface area contributed by atoms with E-state index in [1.54, 1.807) is 6.07 Å². The molecule has 0 amide bonds. The van der Waals surface area contributed by atoms with Gasteiger partial charge >= 0.3 is 5.97 Å². The lowest BCUT2D eigenvalue weighted by Gasteiger charge is -2.04. The van der Waals surface area contributed by atoms with Crippen molar-refractivity contribution in [2.24, 2.45) is 0 Å². The van der Waals surface area contributed by atoms with Crippen LogP contribution < -0.4 is 0 Å². The SMILES string of the molecule is CCc1nc(C(=O)O)nc2cc(Br)ccc12. The highest BCUT2D eigenvalue weighted by atomic mass is 79.9. The van der Waals surface area contributed by atoms with Crippen molar-refractivity contribution in [3.63, 3.8) is 0 Å². The van der Waals surface area contributed by atoms with E-state index in [2.05, 4.69) is 25.9 Å². The normalized spacial score (nSPS) is 10.6. The molecule has 1 N–H and O–H groups in total. The van der Waals surface area contributed by atoms with E-state index in [0.29, 0.717) is 11.9 Å². The van der Waals surface area contributed by atoms with Gasteiger partial charge in [0.15, 0.2) is 0 Å². The minimum absolute atomic E-state index is 0.151. The standard InChI is InChI=1S/C11H9BrN2O2/c1-2-8-7-4-3-6(12)5-9(7)14-10(13-8)11(15)16/h3-5H,2H2,1H3,(H,15,16). The van der Waals surface area contributed by atoms with Crippen molar-refractivity contribution in [1.82, 2.24) is 9.97 Å². The predicted molar refractivity (Wildman–Crippen MR) is 63.6 cm³/mol. The molecule has 1 aromatic carbocycles. The van der Waals surface area contributed by atoms with Gasteiger partial charge in [-0.15, -0.1) is 0 Å². The Labute approximate surface area is 100 Å². The third kappa shape index (κ3) is 1.90. The Hall–Kier alpha value is -1.49. The zero-order chi connectivity index (χ0) is 11.7. The number of rotatable bonds is 2. The Morgan fingerprint density at radius 1 is 1.44 bits per heavy atom. The summed E-state index contributed by atoms with van der Waals surface area (Å²) >= 11 is 3.33. The molecule has 82 valence electrons. The average molecular weight is 281 g/mol. The number of carbonyl (C=O) groups is 1. The van der Waals surface area contributed by atoms with Crippen molar-refractivity contribution in [1.29, 1.82) is 0 Å². The zero-order valence-electron chi connectivity index (χ0n) is 8.57. The summed E-state index contributed by atoms with van der Waals surface area (Å²) in [6, 6.07) is 5.58. The van der Waals surface area contributed by atoms with Crippen LogP contribution in [-0.2, 0) is 6.42 Å². The third-order valence-electron chi connectivity index (χ3n) is 2.26. The van der Waals surface area contributed by atoms with Crippen LogP contribution in [-0.4, -0.2) is 21.0 Å². The van der Waals surface area contributed by atoms with E-state index in [1.807, 2.05) is 19.1 Å². The Balaban J connectivity index is 2.78. The molecule has 2 aromatic rings. The van der Waals surface area contributed by atoms with Gasteiger partial charge in [-0.1, -0.05) is 22.9 Å². The van der Waals surface area contributed by atoms with Crippen LogP contribution in [0.5, 0.6) is 0 Å². The Morgan fingerprint density at radius 3 is 2.81 bits per heavy atom. The van der Waals surface area contributed by atoms with Crippen molar-refractivity contribution in [3.05, 3.63) is 34.2 Å². The number of benzene rings is 1. The number of aromatic nitrogens is 2. The number of carboxylic acid groups (broad SMARTS) is 1. The summed E-state index contributed by atoms with van der Waals surface area (Å²) in [6.07, 6.45) is 0.681. The second kappa shape index (κ2) is 4.17. The number of hydrogen-bond acceptors (Lipinski definition) is 3. The largest absolute Gasteiger partial charge is 0.475 e. The van der Waals surface area contributed by atoms with Gasteiger partial charge in [0.25, 0.3) is 0 Å². The Bertz CT molecular complexity index is 569. The summed E-state index contributed by atoms with van der Waals surface area (Å²) in [5, 5.41) is 9.80. The fourth-order valence-corrected chi connectivity index (χ4v) is 1.88. The molecule has 5 heteroatoms. The van der Waals surface area contributed by atoms with Gasteiger partial charge in [-0.05, 0) is 24.6 Å². The lowest BCUT2D eigenvalue weighted by molar-refractivity contribution is 0.0683. The van der Waals surface area contributed by atoms with Crippen LogP contribution in [0.15, 0.2) is 22.7 Å². The molecule has 4 nitrogen and oxygen atoms in total. The molecular weight excluding hydrogens is 272 g/mol. The first kappa shape index (κ1) is 11.0. The van der Waals surface area contributed by atoms with Crippen LogP contribution >= 0.6 is 15.9 Å². The molecule has 1 heterocycles. The number of carboxylic acids is 1. The van der Waals surface area contributed by atoms with Gasteiger partial charge in [-0.25, -0.2) is 14.8 Å². The molecule has 0 radical (unpaired) electrons. The van der Waals surface area contributed by atoms with Crippen LogP contribution in [0, 0.1) is 0 Å². The molecule has 2 rings (SSSR count). The molecule has 0 aliphatic rings. The quantitative estimate of drug-likeness (QED) is 0.919. The van der Waals surface area contributed by atoms with E-state index in [9.17, 15) is 4.79 Å². The maximum Gasteiger partial charge on any atom is 0.373 e. The zero-order valence-corrected chi connectivity index (χ0v) is 10.2. The van der Waals surface area contributed by atoms with Crippen molar-refractivity contribution in [2.75, 3.05) is 0 Å². The summed E-state index contributed by atoms with van der Waals surface area (Å²) in [5.74, 6) is -1.25. The van der Waals surface area contributed by atoms with Crippen molar-refractivity contribution >= 4 is 32.8 Å². The van der Waals surface area contributed by atoms with Crippen LogP contribution in [0.4, 0.5) is 0 Å². The van der Waals surface area contributed by atoms with Gasteiger partial charge in [0.1, 0.15) is 0 Å². The van der Waals surface area contributed by atoms with Gasteiger partial charge in [-0.3, -0.25) is 0 Å². The maximum absolute atomic E-state index is 10.9. The molecule has 16 heavy (non-hydrogen) atoms. The number of nitrogens with zero attached hydrogens (tertiary/aromatic N) is 2. The second-order valence-electron chi connectivity index (χ2n) is 3.31. The highest BCUT2D eigenvalue weighted by molar-refractivity contribution is 9.10. The van der Waals surface area contributed by atoms with E-state index in [0.717, 1.165) is 15.6 Å². The fraction of sp³-hybridized carbons (Fsp3) is 0.182. The second-order valence-corrected chi connectivity index (χ2v) is 4.23. The minimum Gasteiger partial charge on any atom is -0.475 e.